The number of nitrogens with two attached hydrogens (primary N) is 1. The molecule has 1 aliphatic rings. The van der Waals surface area contributed by atoms with Gasteiger partial charge in [-0.2, -0.15) is 0 Å². The van der Waals surface area contributed by atoms with Gasteiger partial charge < -0.3 is 20.5 Å². The Kier molecular flexibility index (Phi) is 7.50. The first kappa shape index (κ1) is 22.6. The van der Waals surface area contributed by atoms with Crippen molar-refractivity contribution in [3.63, 3.8) is 0 Å². The number of hydrogen-bond donors (Lipinski definition) is 2. The Hall–Kier alpha value is -3.09. The number of aromatic nitrogens is 1. The van der Waals surface area contributed by atoms with Crippen LogP contribution in [0, 0.1) is 17.7 Å². The van der Waals surface area contributed by atoms with Crippen LogP contribution in [0.15, 0.2) is 41.5 Å². The summed E-state index contributed by atoms with van der Waals surface area (Å²) in [6, 6.07) is 7.59. The van der Waals surface area contributed by atoms with Gasteiger partial charge in [0.1, 0.15) is 30.5 Å². The standard InChI is InChI=1S/C22H23FN4O3S/c1-22(9-12-31-21(24)27-22)17-13-15(5-7-18(17)23)26-20(28)19-8-6-16(14-25-19)30-11-4-3-10-29-2/h5-8,13-14H,9-12H2,1-2H3,(H2,24,27)(H,26,28)/t22-/m0/s1. The van der Waals surface area contributed by atoms with E-state index in [0.717, 1.165) is 5.75 Å². The van der Waals surface area contributed by atoms with Gasteiger partial charge in [0.15, 0.2) is 5.17 Å². The third-order valence-corrected chi connectivity index (χ3v) is 5.42. The van der Waals surface area contributed by atoms with Gasteiger partial charge in [-0.05, 0) is 43.7 Å². The van der Waals surface area contributed by atoms with Crippen molar-refractivity contribution in [1.29, 1.82) is 0 Å². The van der Waals surface area contributed by atoms with Crippen molar-refractivity contribution in [3.8, 4) is 17.6 Å². The monoisotopic (exact) mass is 442 g/mol. The largest absolute Gasteiger partial charge is 0.479 e. The van der Waals surface area contributed by atoms with E-state index >= 15 is 0 Å². The number of methoxy groups -OCH3 is 1. The molecule has 0 spiro atoms. The topological polar surface area (TPSA) is 98.8 Å². The molecule has 2 aromatic rings. The average molecular weight is 443 g/mol. The number of hydrogen-bond acceptors (Lipinski definition) is 7. The molecule has 0 fully saturated rings. The van der Waals surface area contributed by atoms with E-state index in [9.17, 15) is 9.18 Å². The fourth-order valence-corrected chi connectivity index (χ4v) is 3.96. The van der Waals surface area contributed by atoms with E-state index in [1.165, 1.54) is 30.1 Å². The lowest BCUT2D eigenvalue weighted by Gasteiger charge is -2.30. The van der Waals surface area contributed by atoms with Crippen molar-refractivity contribution < 1.29 is 18.7 Å². The summed E-state index contributed by atoms with van der Waals surface area (Å²) in [5, 5.41) is 3.18. The van der Waals surface area contributed by atoms with Gasteiger partial charge in [-0.3, -0.25) is 9.79 Å². The third kappa shape index (κ3) is 5.96. The number of ether oxygens (including phenoxy) is 2. The molecule has 0 saturated carbocycles. The molecular weight excluding hydrogens is 419 g/mol. The Bertz CT molecular complexity index is 1030. The van der Waals surface area contributed by atoms with Crippen molar-refractivity contribution in [3.05, 3.63) is 53.6 Å². The molecule has 3 rings (SSSR count). The van der Waals surface area contributed by atoms with Gasteiger partial charge >= 0.3 is 0 Å². The van der Waals surface area contributed by atoms with Crippen molar-refractivity contribution in [1.82, 2.24) is 4.98 Å². The van der Waals surface area contributed by atoms with E-state index in [1.54, 1.807) is 25.3 Å². The summed E-state index contributed by atoms with van der Waals surface area (Å²) in [7, 11) is 1.56. The molecule has 0 unspecified atom stereocenters. The molecule has 31 heavy (non-hydrogen) atoms. The summed E-state index contributed by atoms with van der Waals surface area (Å²) in [6.07, 6.45) is 2.09. The Balaban J connectivity index is 1.68. The second-order valence-corrected chi connectivity index (χ2v) is 8.04. The van der Waals surface area contributed by atoms with Crippen LogP contribution >= 0.6 is 11.8 Å². The highest BCUT2D eigenvalue weighted by atomic mass is 32.2. The first-order valence-corrected chi connectivity index (χ1v) is 10.5. The van der Waals surface area contributed by atoms with Gasteiger partial charge in [0.25, 0.3) is 5.91 Å². The Morgan fingerprint density at radius 2 is 2.13 bits per heavy atom. The molecule has 2 heterocycles. The lowest BCUT2D eigenvalue weighted by molar-refractivity contribution is 0.102. The van der Waals surface area contributed by atoms with Gasteiger partial charge in [-0.1, -0.05) is 23.6 Å². The van der Waals surface area contributed by atoms with Crippen molar-refractivity contribution >= 4 is 28.5 Å². The lowest BCUT2D eigenvalue weighted by atomic mass is 9.89. The van der Waals surface area contributed by atoms with Gasteiger partial charge in [-0.15, -0.1) is 0 Å². The summed E-state index contributed by atoms with van der Waals surface area (Å²) in [4.78, 5) is 21.1. The van der Waals surface area contributed by atoms with Crippen molar-refractivity contribution in [2.45, 2.75) is 18.9 Å². The second-order valence-electron chi connectivity index (χ2n) is 6.93. The van der Waals surface area contributed by atoms with Crippen LogP contribution in [-0.4, -0.2) is 42.1 Å². The second kappa shape index (κ2) is 10.3. The maximum absolute atomic E-state index is 14.5. The summed E-state index contributed by atoms with van der Waals surface area (Å²) >= 11 is 1.45. The van der Waals surface area contributed by atoms with Gasteiger partial charge in [0.2, 0.25) is 0 Å². The predicted octanol–water partition coefficient (Wildman–Crippen LogP) is 3.17. The van der Waals surface area contributed by atoms with E-state index in [4.69, 9.17) is 15.2 Å². The highest BCUT2D eigenvalue weighted by Gasteiger charge is 2.32. The number of thioether (sulfide) groups is 1. The maximum atomic E-state index is 14.5. The number of carbonyl (C=O) groups is 1. The predicted molar refractivity (Wildman–Crippen MR) is 120 cm³/mol. The number of aliphatic imine (C=N–C) groups is 1. The van der Waals surface area contributed by atoms with Gasteiger partial charge in [-0.25, -0.2) is 9.37 Å². The SMILES string of the molecule is COCC#CCOc1ccc(C(=O)Nc2ccc(F)c([C@]3(C)CCSC(N)=N3)c2)nc1. The summed E-state index contributed by atoms with van der Waals surface area (Å²) in [6.45, 7) is 2.37. The van der Waals surface area contributed by atoms with E-state index in [1.807, 2.05) is 6.92 Å². The van der Waals surface area contributed by atoms with E-state index in [0.29, 0.717) is 35.2 Å². The van der Waals surface area contributed by atoms with Crippen LogP contribution in [0.5, 0.6) is 5.75 Å². The number of pyridine rings is 1. The molecule has 1 atom stereocenters. The molecule has 9 heteroatoms. The number of amidine groups is 1. The molecule has 0 saturated heterocycles. The maximum Gasteiger partial charge on any atom is 0.274 e. The number of rotatable bonds is 6. The van der Waals surface area contributed by atoms with Gasteiger partial charge in [0.05, 0.1) is 11.7 Å². The van der Waals surface area contributed by atoms with Crippen molar-refractivity contribution in [2.75, 3.05) is 31.4 Å². The number of halogens is 1. The molecular formula is C22H23FN4O3S. The zero-order chi connectivity index (χ0) is 22.3. The normalized spacial score (nSPS) is 17.8. The Morgan fingerprint density at radius 1 is 1.32 bits per heavy atom. The first-order valence-electron chi connectivity index (χ1n) is 9.54. The summed E-state index contributed by atoms with van der Waals surface area (Å²) in [5.74, 6) is 6.00. The highest BCUT2D eigenvalue weighted by Crippen LogP contribution is 2.37. The smallest absolute Gasteiger partial charge is 0.274 e. The number of nitrogens with zero attached hydrogens (tertiary/aromatic N) is 2. The average Bonchev–Trinajstić information content (AvgIpc) is 2.75. The van der Waals surface area contributed by atoms with Crippen LogP contribution in [0.3, 0.4) is 0 Å². The molecule has 162 valence electrons. The van der Waals surface area contributed by atoms with Crippen LogP contribution in [0.25, 0.3) is 0 Å². The zero-order valence-corrected chi connectivity index (χ0v) is 18.1. The van der Waals surface area contributed by atoms with Crippen LogP contribution in [0.2, 0.25) is 0 Å². The summed E-state index contributed by atoms with van der Waals surface area (Å²) in [5.41, 5.74) is 6.11. The van der Waals surface area contributed by atoms with Crippen LogP contribution in [-0.2, 0) is 10.3 Å². The molecule has 7 nitrogen and oxygen atoms in total. The molecule has 0 aliphatic carbocycles. The fraction of sp³-hybridized carbons (Fsp3) is 0.318. The zero-order valence-electron chi connectivity index (χ0n) is 17.3. The van der Waals surface area contributed by atoms with E-state index < -0.39 is 17.3 Å². The molecule has 3 N–H and O–H groups in total. The number of anilines is 1. The van der Waals surface area contributed by atoms with Crippen LogP contribution in [0.4, 0.5) is 10.1 Å². The number of carbonyl (C=O) groups excluding carboxylic acids is 1. The molecule has 1 aromatic heterocycles. The number of benzene rings is 1. The lowest BCUT2D eigenvalue weighted by Crippen LogP contribution is -2.29. The minimum Gasteiger partial charge on any atom is -0.479 e. The summed E-state index contributed by atoms with van der Waals surface area (Å²) < 4.78 is 24.8. The highest BCUT2D eigenvalue weighted by molar-refractivity contribution is 8.13. The quantitative estimate of drug-likeness (QED) is 0.667. The molecule has 1 aromatic carbocycles. The van der Waals surface area contributed by atoms with Crippen LogP contribution < -0.4 is 15.8 Å². The molecule has 1 aliphatic heterocycles. The van der Waals surface area contributed by atoms with E-state index in [-0.39, 0.29) is 12.3 Å². The minimum atomic E-state index is -0.774. The first-order chi connectivity index (χ1) is 14.9. The molecule has 0 bridgehead atoms. The molecule has 0 radical (unpaired) electrons. The Morgan fingerprint density at radius 3 is 2.84 bits per heavy atom. The van der Waals surface area contributed by atoms with Gasteiger partial charge in [0, 0.05) is 24.1 Å². The number of amides is 1. The molecule has 1 amide bonds. The van der Waals surface area contributed by atoms with Crippen molar-refractivity contribution in [2.24, 2.45) is 10.7 Å². The minimum absolute atomic E-state index is 0.194. The third-order valence-electron chi connectivity index (χ3n) is 4.62. The number of nitrogens with one attached hydrogen (secondary N) is 1. The van der Waals surface area contributed by atoms with Crippen LogP contribution in [0.1, 0.15) is 29.4 Å². The van der Waals surface area contributed by atoms with E-state index in [2.05, 4.69) is 27.1 Å². The Labute approximate surface area is 184 Å². The fourth-order valence-electron chi connectivity index (χ4n) is 2.99.